The van der Waals surface area contributed by atoms with Crippen molar-refractivity contribution in [2.75, 3.05) is 18.7 Å². The van der Waals surface area contributed by atoms with E-state index < -0.39 is 17.1 Å². The van der Waals surface area contributed by atoms with Gasteiger partial charge in [0.25, 0.3) is 5.91 Å². The molecule has 2 N–H and O–H groups in total. The van der Waals surface area contributed by atoms with Gasteiger partial charge in [-0.1, -0.05) is 29.8 Å². The molecular formula is C20H22ClN3O4. The van der Waals surface area contributed by atoms with Crippen molar-refractivity contribution in [3.63, 3.8) is 0 Å². The van der Waals surface area contributed by atoms with E-state index in [-0.39, 0.29) is 30.4 Å². The maximum absolute atomic E-state index is 12.9. The highest BCUT2D eigenvalue weighted by molar-refractivity contribution is 6.31. The average molecular weight is 404 g/mol. The average Bonchev–Trinajstić information content (AvgIpc) is 2.69. The van der Waals surface area contributed by atoms with Gasteiger partial charge < -0.3 is 15.1 Å². The van der Waals surface area contributed by atoms with Gasteiger partial charge in [-0.05, 0) is 36.8 Å². The molecule has 0 radical (unpaired) electrons. The second kappa shape index (κ2) is 7.14. The molecule has 2 aromatic rings. The van der Waals surface area contributed by atoms with E-state index in [9.17, 15) is 19.8 Å². The fourth-order valence-electron chi connectivity index (χ4n) is 4.49. The first kappa shape index (κ1) is 18.8. The molecule has 1 aromatic carbocycles. The summed E-state index contributed by atoms with van der Waals surface area (Å²) in [6, 6.07) is 8.56. The predicted molar refractivity (Wildman–Crippen MR) is 105 cm³/mol. The molecule has 1 saturated heterocycles. The molecule has 0 spiro atoms. The third-order valence-electron chi connectivity index (χ3n) is 5.83. The number of carbonyl (C=O) groups is 1. The smallest absolute Gasteiger partial charge is 0.277 e. The third-order valence-corrected chi connectivity index (χ3v) is 6.17. The monoisotopic (exact) mass is 403 g/mol. The number of halogens is 1. The first-order chi connectivity index (χ1) is 13.5. The number of hydrogen-bond donors (Lipinski definition) is 2. The summed E-state index contributed by atoms with van der Waals surface area (Å²) >= 11 is 6.52. The number of carbonyl (C=O) groups excluding carboxylic acids is 1. The van der Waals surface area contributed by atoms with E-state index in [4.69, 9.17) is 11.6 Å². The van der Waals surface area contributed by atoms with Gasteiger partial charge in [0.1, 0.15) is 6.17 Å². The van der Waals surface area contributed by atoms with E-state index in [2.05, 4.69) is 0 Å². The zero-order valence-corrected chi connectivity index (χ0v) is 16.2. The van der Waals surface area contributed by atoms with Crippen LogP contribution in [0.5, 0.6) is 5.75 Å². The van der Waals surface area contributed by atoms with E-state index >= 15 is 0 Å². The van der Waals surface area contributed by atoms with Crippen LogP contribution in [-0.2, 0) is 0 Å². The number of aliphatic hydroxyl groups excluding tert-OH is 1. The highest BCUT2D eigenvalue weighted by Crippen LogP contribution is 2.44. The van der Waals surface area contributed by atoms with Crippen LogP contribution in [0.25, 0.3) is 0 Å². The zero-order chi connectivity index (χ0) is 20.0. The molecule has 3 atom stereocenters. The molecular weight excluding hydrogens is 382 g/mol. The summed E-state index contributed by atoms with van der Waals surface area (Å²) < 4.78 is 1.58. The van der Waals surface area contributed by atoms with Crippen molar-refractivity contribution in [3.05, 3.63) is 63.0 Å². The predicted octanol–water partition coefficient (Wildman–Crippen LogP) is 2.09. The maximum atomic E-state index is 12.9. The van der Waals surface area contributed by atoms with Gasteiger partial charge in [0, 0.05) is 30.9 Å². The highest BCUT2D eigenvalue weighted by Gasteiger charge is 2.46. The van der Waals surface area contributed by atoms with Gasteiger partial charge in [0.2, 0.25) is 5.43 Å². The van der Waals surface area contributed by atoms with Gasteiger partial charge in [0.05, 0.1) is 6.04 Å². The molecule has 2 aliphatic rings. The summed E-state index contributed by atoms with van der Waals surface area (Å²) in [5, 5.41) is 22.5. The summed E-state index contributed by atoms with van der Waals surface area (Å²) in [5.74, 6) is -0.855. The van der Waals surface area contributed by atoms with Crippen molar-refractivity contribution in [1.82, 2.24) is 9.58 Å². The van der Waals surface area contributed by atoms with Gasteiger partial charge in [0.15, 0.2) is 11.4 Å². The Balaban J connectivity index is 1.95. The van der Waals surface area contributed by atoms with Crippen LogP contribution in [-0.4, -0.2) is 45.5 Å². The number of benzene rings is 1. The molecule has 2 aliphatic heterocycles. The van der Waals surface area contributed by atoms with E-state index in [1.807, 2.05) is 29.3 Å². The Hall–Kier alpha value is -2.51. The van der Waals surface area contributed by atoms with Crippen LogP contribution < -0.4 is 10.4 Å². The number of nitrogens with zero attached hydrogens (tertiary/aromatic N) is 3. The van der Waals surface area contributed by atoms with Crippen molar-refractivity contribution in [2.24, 2.45) is 5.92 Å². The Kier molecular flexibility index (Phi) is 4.81. The lowest BCUT2D eigenvalue weighted by atomic mass is 9.82. The summed E-state index contributed by atoms with van der Waals surface area (Å²) in [4.78, 5) is 26.4. The standard InChI is InChI=1S/C20H22ClN3O4/c1-22-16-7-6-12(9-11-25)17(13-4-2-3-5-14(13)21)24(16)23-10-8-15(26)19(27)18(23)20(22)28/h2-5,8,10,12,16-17,25,27H,6-7,9,11H2,1H3. The van der Waals surface area contributed by atoms with E-state index in [0.29, 0.717) is 17.9 Å². The molecule has 148 valence electrons. The van der Waals surface area contributed by atoms with Gasteiger partial charge in [-0.3, -0.25) is 19.3 Å². The Morgan fingerprint density at radius 3 is 2.64 bits per heavy atom. The third kappa shape index (κ3) is 2.77. The summed E-state index contributed by atoms with van der Waals surface area (Å²) in [7, 11) is 1.68. The lowest BCUT2D eigenvalue weighted by Gasteiger charge is -2.54. The molecule has 1 aromatic heterocycles. The highest BCUT2D eigenvalue weighted by atomic mass is 35.5. The number of piperidine rings is 1. The van der Waals surface area contributed by atoms with Crippen molar-refractivity contribution < 1.29 is 15.0 Å². The number of aromatic nitrogens is 1. The minimum atomic E-state index is -0.593. The van der Waals surface area contributed by atoms with Crippen molar-refractivity contribution >= 4 is 17.5 Å². The summed E-state index contributed by atoms with van der Waals surface area (Å²) in [5.41, 5.74) is 0.247. The molecule has 1 fully saturated rings. The quantitative estimate of drug-likeness (QED) is 0.819. The van der Waals surface area contributed by atoms with Crippen LogP contribution in [0, 0.1) is 5.92 Å². The van der Waals surface area contributed by atoms with E-state index in [1.54, 1.807) is 16.6 Å². The van der Waals surface area contributed by atoms with Gasteiger partial charge in [-0.15, -0.1) is 0 Å². The van der Waals surface area contributed by atoms with Crippen LogP contribution >= 0.6 is 11.6 Å². The SMILES string of the molecule is CN1C(=O)c2c(O)c(=O)ccn2N2C(c3ccccc3Cl)C(CCO)CCC12. The molecule has 0 saturated carbocycles. The van der Waals surface area contributed by atoms with Crippen LogP contribution in [0.1, 0.15) is 41.4 Å². The Labute approximate surface area is 167 Å². The fourth-order valence-corrected chi connectivity index (χ4v) is 4.74. The second-order valence-corrected chi connectivity index (χ2v) is 7.72. The van der Waals surface area contributed by atoms with Gasteiger partial charge in [-0.2, -0.15) is 0 Å². The number of hydrogen-bond acceptors (Lipinski definition) is 5. The molecule has 0 bridgehead atoms. The minimum Gasteiger partial charge on any atom is -0.502 e. The number of amides is 1. The molecule has 8 heteroatoms. The van der Waals surface area contributed by atoms with Crippen molar-refractivity contribution in [3.8, 4) is 5.75 Å². The molecule has 7 nitrogen and oxygen atoms in total. The first-order valence-corrected chi connectivity index (χ1v) is 9.69. The summed E-state index contributed by atoms with van der Waals surface area (Å²) in [6.07, 6.45) is 3.38. The number of fused-ring (bicyclic) bond motifs is 3. The largest absolute Gasteiger partial charge is 0.502 e. The van der Waals surface area contributed by atoms with Crippen LogP contribution in [0.4, 0.5) is 0 Å². The van der Waals surface area contributed by atoms with Gasteiger partial charge >= 0.3 is 0 Å². The number of aromatic hydroxyl groups is 1. The lowest BCUT2D eigenvalue weighted by molar-refractivity contribution is 0.0471. The minimum absolute atomic E-state index is 0.0428. The molecule has 28 heavy (non-hydrogen) atoms. The first-order valence-electron chi connectivity index (χ1n) is 9.31. The number of rotatable bonds is 3. The zero-order valence-electron chi connectivity index (χ0n) is 15.5. The summed E-state index contributed by atoms with van der Waals surface area (Å²) in [6.45, 7) is 0.0428. The Bertz CT molecular complexity index is 976. The van der Waals surface area contributed by atoms with Crippen LogP contribution in [0.15, 0.2) is 41.3 Å². The lowest BCUT2D eigenvalue weighted by Crippen LogP contribution is -2.64. The Morgan fingerprint density at radius 1 is 1.18 bits per heavy atom. The van der Waals surface area contributed by atoms with E-state index in [0.717, 1.165) is 12.0 Å². The van der Waals surface area contributed by atoms with Crippen LogP contribution in [0.2, 0.25) is 5.02 Å². The normalized spacial score (nSPS) is 24.1. The molecule has 3 heterocycles. The number of pyridine rings is 1. The fraction of sp³-hybridized carbons (Fsp3) is 0.400. The Morgan fingerprint density at radius 2 is 1.93 bits per heavy atom. The molecule has 4 rings (SSSR count). The van der Waals surface area contributed by atoms with Crippen LogP contribution in [0.3, 0.4) is 0 Å². The molecule has 3 unspecified atom stereocenters. The van der Waals surface area contributed by atoms with Crippen molar-refractivity contribution in [1.29, 1.82) is 0 Å². The topological polar surface area (TPSA) is 86.0 Å². The maximum Gasteiger partial charge on any atom is 0.277 e. The number of aliphatic hydroxyl groups is 1. The van der Waals surface area contributed by atoms with Gasteiger partial charge in [-0.25, -0.2) is 0 Å². The van der Waals surface area contributed by atoms with Crippen molar-refractivity contribution in [2.45, 2.75) is 31.5 Å². The van der Waals surface area contributed by atoms with E-state index in [1.165, 1.54) is 12.3 Å². The molecule has 1 amide bonds. The second-order valence-electron chi connectivity index (χ2n) is 7.31. The molecule has 0 aliphatic carbocycles.